The van der Waals surface area contributed by atoms with E-state index in [9.17, 15) is 0 Å². The molecule has 0 unspecified atom stereocenters. The molecule has 2 fully saturated rings. The predicted octanol–water partition coefficient (Wildman–Crippen LogP) is 4.43. The fraction of sp³-hybridized carbons (Fsp3) is 0.556. The number of hydrogen-bond acceptors (Lipinski definition) is 4. The Bertz CT molecular complexity index is 736. The van der Waals surface area contributed by atoms with E-state index < -0.39 is 0 Å². The highest BCUT2D eigenvalue weighted by atomic mass is 32.1. The SMILES string of the molecule is CC(C)(C)C1CCC2(CC1)NC(=S)N(c1nc3ccccc3s1)N2. The number of rotatable bonds is 1. The Kier molecular flexibility index (Phi) is 3.82. The smallest absolute Gasteiger partial charge is 0.207 e. The lowest BCUT2D eigenvalue weighted by Gasteiger charge is -2.41. The van der Waals surface area contributed by atoms with Crippen molar-refractivity contribution < 1.29 is 0 Å². The van der Waals surface area contributed by atoms with Gasteiger partial charge in [0.2, 0.25) is 5.13 Å². The summed E-state index contributed by atoms with van der Waals surface area (Å²) in [5.74, 6) is 0.775. The number of thiazole rings is 1. The van der Waals surface area contributed by atoms with Gasteiger partial charge < -0.3 is 5.32 Å². The van der Waals surface area contributed by atoms with E-state index in [0.29, 0.717) is 5.41 Å². The average Bonchev–Trinajstić information content (AvgIpc) is 3.08. The highest BCUT2D eigenvalue weighted by molar-refractivity contribution is 7.80. The molecule has 128 valence electrons. The topological polar surface area (TPSA) is 40.2 Å². The van der Waals surface area contributed by atoms with Gasteiger partial charge in [0, 0.05) is 0 Å². The minimum absolute atomic E-state index is 0.101. The Labute approximate surface area is 152 Å². The normalized spacial score (nSPS) is 27.9. The van der Waals surface area contributed by atoms with Gasteiger partial charge in [-0.05, 0) is 61.4 Å². The van der Waals surface area contributed by atoms with E-state index in [1.165, 1.54) is 17.5 Å². The summed E-state index contributed by atoms with van der Waals surface area (Å²) < 4.78 is 1.19. The molecule has 0 bridgehead atoms. The molecule has 2 aliphatic rings. The second-order valence-corrected chi connectivity index (χ2v) is 9.46. The molecule has 2 aromatic rings. The van der Waals surface area contributed by atoms with Gasteiger partial charge >= 0.3 is 0 Å². The summed E-state index contributed by atoms with van der Waals surface area (Å²) in [6.07, 6.45) is 4.63. The summed E-state index contributed by atoms with van der Waals surface area (Å²) >= 11 is 7.28. The maximum absolute atomic E-state index is 5.60. The van der Waals surface area contributed by atoms with Gasteiger partial charge in [-0.25, -0.2) is 15.4 Å². The van der Waals surface area contributed by atoms with Gasteiger partial charge in [0.25, 0.3) is 0 Å². The van der Waals surface area contributed by atoms with E-state index in [4.69, 9.17) is 17.2 Å². The van der Waals surface area contributed by atoms with E-state index in [1.807, 2.05) is 23.2 Å². The van der Waals surface area contributed by atoms with Crippen molar-refractivity contribution in [3.63, 3.8) is 0 Å². The Hall–Kier alpha value is -1.24. The van der Waals surface area contributed by atoms with Crippen LogP contribution < -0.4 is 15.8 Å². The number of thiocarbonyl (C=S) groups is 1. The van der Waals surface area contributed by atoms with Crippen LogP contribution in [-0.4, -0.2) is 15.8 Å². The molecule has 0 radical (unpaired) electrons. The lowest BCUT2D eigenvalue weighted by atomic mass is 9.70. The first-order valence-corrected chi connectivity index (χ1v) is 9.84. The zero-order valence-corrected chi connectivity index (χ0v) is 16.1. The molecular weight excluding hydrogens is 336 g/mol. The zero-order valence-electron chi connectivity index (χ0n) is 14.4. The van der Waals surface area contributed by atoms with Gasteiger partial charge in [0.1, 0.15) is 5.66 Å². The number of anilines is 1. The third kappa shape index (κ3) is 2.80. The van der Waals surface area contributed by atoms with Crippen LogP contribution in [0.15, 0.2) is 24.3 Å². The predicted molar refractivity (Wildman–Crippen MR) is 105 cm³/mol. The highest BCUT2D eigenvalue weighted by Crippen LogP contribution is 2.42. The first-order chi connectivity index (χ1) is 11.4. The summed E-state index contributed by atoms with van der Waals surface area (Å²) in [4.78, 5) is 4.73. The quantitative estimate of drug-likeness (QED) is 0.736. The van der Waals surface area contributed by atoms with Crippen molar-refractivity contribution in [1.29, 1.82) is 0 Å². The number of nitrogens with one attached hydrogen (secondary N) is 2. The van der Waals surface area contributed by atoms with Crippen LogP contribution in [0.2, 0.25) is 0 Å². The Morgan fingerprint density at radius 2 is 1.96 bits per heavy atom. The first-order valence-electron chi connectivity index (χ1n) is 8.62. The second kappa shape index (κ2) is 5.64. The summed E-state index contributed by atoms with van der Waals surface area (Å²) in [6, 6.07) is 8.22. The van der Waals surface area contributed by atoms with Gasteiger partial charge in [0.05, 0.1) is 10.2 Å². The number of hydrazine groups is 1. The van der Waals surface area contributed by atoms with Crippen molar-refractivity contribution >= 4 is 44.0 Å². The fourth-order valence-corrected chi connectivity index (χ4v) is 5.18. The summed E-state index contributed by atoms with van der Waals surface area (Å²) in [7, 11) is 0. The minimum Gasteiger partial charge on any atom is -0.342 e. The second-order valence-electron chi connectivity index (χ2n) is 8.06. The molecule has 1 saturated carbocycles. The minimum atomic E-state index is -0.101. The van der Waals surface area contributed by atoms with Gasteiger partial charge in [-0.1, -0.05) is 44.2 Å². The third-order valence-corrected chi connectivity index (χ3v) is 6.72. The van der Waals surface area contributed by atoms with Crippen LogP contribution in [0.4, 0.5) is 5.13 Å². The lowest BCUT2D eigenvalue weighted by molar-refractivity contribution is 0.115. The summed E-state index contributed by atoms with van der Waals surface area (Å²) in [6.45, 7) is 7.05. The number of benzene rings is 1. The third-order valence-electron chi connectivity index (χ3n) is 5.41. The molecule has 1 aliphatic carbocycles. The largest absolute Gasteiger partial charge is 0.342 e. The van der Waals surface area contributed by atoms with Crippen LogP contribution in [0, 0.1) is 11.3 Å². The molecule has 24 heavy (non-hydrogen) atoms. The fourth-order valence-electron chi connectivity index (χ4n) is 3.86. The van der Waals surface area contributed by atoms with Crippen molar-refractivity contribution in [2.75, 3.05) is 5.01 Å². The molecule has 2 N–H and O–H groups in total. The van der Waals surface area contributed by atoms with E-state index >= 15 is 0 Å². The molecule has 1 spiro atoms. The maximum Gasteiger partial charge on any atom is 0.207 e. The van der Waals surface area contributed by atoms with Gasteiger partial charge in [-0.2, -0.15) is 0 Å². The molecule has 1 aromatic heterocycles. The number of para-hydroxylation sites is 1. The molecule has 4 rings (SSSR count). The number of hydrogen-bond donors (Lipinski definition) is 2. The van der Waals surface area contributed by atoms with Crippen LogP contribution in [0.3, 0.4) is 0 Å². The maximum atomic E-state index is 5.60. The molecule has 6 heteroatoms. The zero-order chi connectivity index (χ0) is 16.9. The average molecular weight is 361 g/mol. The first kappa shape index (κ1) is 16.2. The Morgan fingerprint density at radius 1 is 1.25 bits per heavy atom. The van der Waals surface area contributed by atoms with Crippen molar-refractivity contribution in [2.24, 2.45) is 11.3 Å². The summed E-state index contributed by atoms with van der Waals surface area (Å²) in [5.41, 5.74) is 4.94. The van der Waals surface area contributed by atoms with Crippen molar-refractivity contribution in [1.82, 2.24) is 15.7 Å². The van der Waals surface area contributed by atoms with Crippen LogP contribution in [0.25, 0.3) is 10.2 Å². The molecule has 1 saturated heterocycles. The molecular formula is C18H24N4S2. The van der Waals surface area contributed by atoms with Crippen molar-refractivity contribution in [3.05, 3.63) is 24.3 Å². The number of nitrogens with zero attached hydrogens (tertiary/aromatic N) is 2. The Morgan fingerprint density at radius 3 is 2.62 bits per heavy atom. The molecule has 1 aliphatic heterocycles. The summed E-state index contributed by atoms with van der Waals surface area (Å²) in [5, 5.41) is 7.18. The van der Waals surface area contributed by atoms with Crippen LogP contribution >= 0.6 is 23.6 Å². The van der Waals surface area contributed by atoms with Crippen LogP contribution in [-0.2, 0) is 0 Å². The highest BCUT2D eigenvalue weighted by Gasteiger charge is 2.45. The molecule has 1 aromatic carbocycles. The molecule has 0 atom stereocenters. The Balaban J connectivity index is 1.53. The standard InChI is InChI=1S/C18H24N4S2/c1-17(2,3)12-8-10-18(11-9-12)20-15(23)22(21-18)16-19-13-6-4-5-7-14(13)24-16/h4-7,12,21H,8-11H2,1-3H3,(H,20,23). The molecule has 2 heterocycles. The molecule has 0 amide bonds. The monoisotopic (exact) mass is 360 g/mol. The van der Waals surface area contributed by atoms with E-state index in [2.05, 4.69) is 37.6 Å². The number of aromatic nitrogens is 1. The van der Waals surface area contributed by atoms with Crippen LogP contribution in [0.1, 0.15) is 46.5 Å². The lowest BCUT2D eigenvalue weighted by Crippen LogP contribution is -2.54. The molecule has 4 nitrogen and oxygen atoms in total. The van der Waals surface area contributed by atoms with Crippen LogP contribution in [0.5, 0.6) is 0 Å². The van der Waals surface area contributed by atoms with E-state index in [0.717, 1.165) is 34.5 Å². The van der Waals surface area contributed by atoms with Gasteiger partial charge in [-0.3, -0.25) is 0 Å². The van der Waals surface area contributed by atoms with E-state index in [-0.39, 0.29) is 5.66 Å². The van der Waals surface area contributed by atoms with E-state index in [1.54, 1.807) is 11.3 Å². The van der Waals surface area contributed by atoms with Gasteiger partial charge in [-0.15, -0.1) is 0 Å². The van der Waals surface area contributed by atoms with Gasteiger partial charge in [0.15, 0.2) is 5.11 Å². The van der Waals surface area contributed by atoms with Crippen molar-refractivity contribution in [3.8, 4) is 0 Å². The van der Waals surface area contributed by atoms with Crippen molar-refractivity contribution in [2.45, 2.75) is 52.1 Å². The number of fused-ring (bicyclic) bond motifs is 1.